The molecule has 0 unspecified atom stereocenters. The van der Waals surface area contributed by atoms with Crippen LogP contribution in [-0.2, 0) is 0 Å². The standard InChI is InChI=1S/C42H24N2OS/c1-5-15-32-30(12-1)40-34(43(32)25-20-21-27-26-10-3-7-18-37(26)45-38(27)24-25)22-23-35-41(40)31-13-2-6-16-33(31)44(35)36-17-9-14-29-28-11-4-8-19-39(28)46-42(29)36/h1-24H. The van der Waals surface area contributed by atoms with Crippen molar-refractivity contribution in [1.29, 1.82) is 0 Å². The van der Waals surface area contributed by atoms with Crippen molar-refractivity contribution in [3.05, 3.63) is 146 Å². The summed E-state index contributed by atoms with van der Waals surface area (Å²) in [5.74, 6) is 0. The molecule has 0 spiro atoms. The summed E-state index contributed by atoms with van der Waals surface area (Å²) in [6, 6.07) is 52.7. The third kappa shape index (κ3) is 3.11. The Hall–Kier alpha value is -5.84. The van der Waals surface area contributed by atoms with Crippen LogP contribution in [-0.4, -0.2) is 9.13 Å². The molecule has 11 aromatic rings. The summed E-state index contributed by atoms with van der Waals surface area (Å²) in [5, 5.41) is 9.98. The molecule has 0 aliphatic heterocycles. The number of furan rings is 1. The SMILES string of the molecule is c1ccc2c(c1)oc1cc(-n3c4ccccc4c4c5c6ccccc6n(-c6cccc7c6sc6ccccc67)c5ccc43)ccc12. The second-order valence-corrected chi connectivity index (χ2v) is 13.1. The first kappa shape index (κ1) is 24.5. The van der Waals surface area contributed by atoms with E-state index in [0.29, 0.717) is 0 Å². The van der Waals surface area contributed by atoms with Crippen molar-refractivity contribution in [3.8, 4) is 11.4 Å². The lowest BCUT2D eigenvalue weighted by Gasteiger charge is -2.10. The van der Waals surface area contributed by atoms with E-state index >= 15 is 0 Å². The van der Waals surface area contributed by atoms with Gasteiger partial charge in [-0.15, -0.1) is 11.3 Å². The van der Waals surface area contributed by atoms with Gasteiger partial charge in [0.05, 0.1) is 32.5 Å². The van der Waals surface area contributed by atoms with Crippen LogP contribution < -0.4 is 0 Å². The lowest BCUT2D eigenvalue weighted by molar-refractivity contribution is 0.668. The molecule has 0 saturated carbocycles. The zero-order valence-electron chi connectivity index (χ0n) is 24.6. The minimum atomic E-state index is 0.902. The molecule has 0 bridgehead atoms. The van der Waals surface area contributed by atoms with Gasteiger partial charge in [0.1, 0.15) is 11.2 Å². The monoisotopic (exact) mass is 604 g/mol. The number of rotatable bonds is 2. The molecule has 0 amide bonds. The van der Waals surface area contributed by atoms with Crippen LogP contribution in [0.2, 0.25) is 0 Å². The van der Waals surface area contributed by atoms with Crippen molar-refractivity contribution in [2.45, 2.75) is 0 Å². The molecular weight excluding hydrogens is 581 g/mol. The Morgan fingerprint density at radius 2 is 1.02 bits per heavy atom. The highest BCUT2D eigenvalue weighted by Crippen LogP contribution is 2.45. The molecule has 0 atom stereocenters. The Kier molecular flexibility index (Phi) is 4.72. The molecule has 0 aliphatic carbocycles. The van der Waals surface area contributed by atoms with Crippen LogP contribution in [0, 0.1) is 0 Å². The van der Waals surface area contributed by atoms with Gasteiger partial charge in [0.15, 0.2) is 0 Å². The molecule has 0 fully saturated rings. The van der Waals surface area contributed by atoms with Gasteiger partial charge in [0.25, 0.3) is 0 Å². The van der Waals surface area contributed by atoms with Gasteiger partial charge in [-0.3, -0.25) is 0 Å². The largest absolute Gasteiger partial charge is 0.456 e. The highest BCUT2D eigenvalue weighted by Gasteiger charge is 2.22. The summed E-state index contributed by atoms with van der Waals surface area (Å²) >= 11 is 1.88. The molecule has 0 aliphatic rings. The highest BCUT2D eigenvalue weighted by molar-refractivity contribution is 7.26. The van der Waals surface area contributed by atoms with E-state index in [1.807, 2.05) is 23.5 Å². The van der Waals surface area contributed by atoms with Crippen molar-refractivity contribution < 1.29 is 4.42 Å². The van der Waals surface area contributed by atoms with E-state index in [-0.39, 0.29) is 0 Å². The lowest BCUT2D eigenvalue weighted by atomic mass is 10.1. The fraction of sp³-hybridized carbons (Fsp3) is 0. The lowest BCUT2D eigenvalue weighted by Crippen LogP contribution is -1.95. The number of aromatic nitrogens is 2. The van der Waals surface area contributed by atoms with E-state index in [0.717, 1.165) is 27.6 Å². The van der Waals surface area contributed by atoms with Gasteiger partial charge >= 0.3 is 0 Å². The predicted molar refractivity (Wildman–Crippen MR) is 195 cm³/mol. The maximum Gasteiger partial charge on any atom is 0.137 e. The molecule has 4 heteroatoms. The molecule has 7 aromatic carbocycles. The maximum atomic E-state index is 6.34. The summed E-state index contributed by atoms with van der Waals surface area (Å²) in [6.45, 7) is 0. The number of fused-ring (bicyclic) bond motifs is 13. The summed E-state index contributed by atoms with van der Waals surface area (Å²) in [6.07, 6.45) is 0. The molecular formula is C42H24N2OS. The van der Waals surface area contributed by atoms with Gasteiger partial charge in [0, 0.05) is 59.5 Å². The fourth-order valence-electron chi connectivity index (χ4n) is 7.82. The normalized spacial score (nSPS) is 12.3. The van der Waals surface area contributed by atoms with Gasteiger partial charge in [-0.05, 0) is 54.6 Å². The van der Waals surface area contributed by atoms with Gasteiger partial charge in [-0.2, -0.15) is 0 Å². The molecule has 0 saturated heterocycles. The molecule has 4 heterocycles. The molecule has 0 radical (unpaired) electrons. The number of para-hydroxylation sites is 3. The van der Waals surface area contributed by atoms with Gasteiger partial charge in [-0.25, -0.2) is 0 Å². The van der Waals surface area contributed by atoms with Crippen LogP contribution in [0.1, 0.15) is 0 Å². The predicted octanol–water partition coefficient (Wildman–Crippen LogP) is 12.1. The van der Waals surface area contributed by atoms with Gasteiger partial charge in [-0.1, -0.05) is 84.9 Å². The van der Waals surface area contributed by atoms with E-state index in [1.165, 1.54) is 69.5 Å². The Labute approximate surface area is 266 Å². The molecule has 3 nitrogen and oxygen atoms in total. The first-order valence-corrected chi connectivity index (χ1v) is 16.4. The summed E-state index contributed by atoms with van der Waals surface area (Å²) in [4.78, 5) is 0. The van der Waals surface area contributed by atoms with Crippen molar-refractivity contribution in [3.63, 3.8) is 0 Å². The van der Waals surface area contributed by atoms with Gasteiger partial charge in [0.2, 0.25) is 0 Å². The first-order valence-electron chi connectivity index (χ1n) is 15.6. The Morgan fingerprint density at radius 1 is 0.413 bits per heavy atom. The van der Waals surface area contributed by atoms with Crippen molar-refractivity contribution in [2.75, 3.05) is 0 Å². The quantitative estimate of drug-likeness (QED) is 0.192. The van der Waals surface area contributed by atoms with E-state index < -0.39 is 0 Å². The van der Waals surface area contributed by atoms with Crippen molar-refractivity contribution in [2.24, 2.45) is 0 Å². The average molecular weight is 605 g/mol. The third-order valence-electron chi connectivity index (χ3n) is 9.72. The van der Waals surface area contributed by atoms with E-state index in [9.17, 15) is 0 Å². The zero-order chi connectivity index (χ0) is 29.9. The summed E-state index contributed by atoms with van der Waals surface area (Å²) in [5.41, 5.74) is 8.94. The molecule has 0 N–H and O–H groups in total. The Morgan fingerprint density at radius 3 is 1.83 bits per heavy atom. The Bertz CT molecular complexity index is 3040. The zero-order valence-corrected chi connectivity index (χ0v) is 25.4. The smallest absolute Gasteiger partial charge is 0.137 e. The number of nitrogens with zero attached hydrogens (tertiary/aromatic N) is 2. The minimum absolute atomic E-state index is 0.902. The number of hydrogen-bond donors (Lipinski definition) is 0. The van der Waals surface area contributed by atoms with Crippen LogP contribution in [0.4, 0.5) is 0 Å². The molecule has 214 valence electrons. The van der Waals surface area contributed by atoms with Crippen LogP contribution in [0.25, 0.3) is 97.1 Å². The van der Waals surface area contributed by atoms with E-state index in [4.69, 9.17) is 4.42 Å². The summed E-state index contributed by atoms with van der Waals surface area (Å²) < 4.78 is 13.8. The third-order valence-corrected chi connectivity index (χ3v) is 10.9. The van der Waals surface area contributed by atoms with Crippen LogP contribution >= 0.6 is 11.3 Å². The van der Waals surface area contributed by atoms with E-state index in [2.05, 4.69) is 143 Å². The summed E-state index contributed by atoms with van der Waals surface area (Å²) in [7, 11) is 0. The van der Waals surface area contributed by atoms with Crippen LogP contribution in [0.15, 0.2) is 150 Å². The second kappa shape index (κ2) is 8.87. The minimum Gasteiger partial charge on any atom is -0.456 e. The number of hydrogen-bond acceptors (Lipinski definition) is 2. The van der Waals surface area contributed by atoms with Crippen LogP contribution in [0.3, 0.4) is 0 Å². The topological polar surface area (TPSA) is 23.0 Å². The van der Waals surface area contributed by atoms with E-state index in [1.54, 1.807) is 0 Å². The van der Waals surface area contributed by atoms with Gasteiger partial charge < -0.3 is 13.6 Å². The maximum absolute atomic E-state index is 6.34. The van der Waals surface area contributed by atoms with Crippen LogP contribution in [0.5, 0.6) is 0 Å². The molecule has 46 heavy (non-hydrogen) atoms. The Balaban J connectivity index is 1.27. The first-order chi connectivity index (χ1) is 22.8. The highest BCUT2D eigenvalue weighted by atomic mass is 32.1. The van der Waals surface area contributed by atoms with Crippen molar-refractivity contribution in [1.82, 2.24) is 9.13 Å². The second-order valence-electron chi connectivity index (χ2n) is 12.1. The number of thiophene rings is 1. The fourth-order valence-corrected chi connectivity index (χ4v) is 9.02. The molecule has 4 aromatic heterocycles. The number of benzene rings is 7. The average Bonchev–Trinajstić information content (AvgIpc) is 3.85. The van der Waals surface area contributed by atoms with Crippen molar-refractivity contribution >= 4 is 97.1 Å². The molecule has 11 rings (SSSR count).